The number of para-hydroxylation sites is 2. The normalized spacial score (nSPS) is 12.8. The highest BCUT2D eigenvalue weighted by molar-refractivity contribution is 7.15. The summed E-state index contributed by atoms with van der Waals surface area (Å²) in [5.41, 5.74) is 2.83. The first kappa shape index (κ1) is 13.0. The van der Waals surface area contributed by atoms with Gasteiger partial charge in [-0.15, -0.1) is 0 Å². The number of allylic oxidation sites excluding steroid dienone is 1. The lowest BCUT2D eigenvalue weighted by atomic mass is 10.2. The van der Waals surface area contributed by atoms with Crippen LogP contribution in [0.2, 0.25) is 0 Å². The molecule has 0 fully saturated rings. The monoisotopic (exact) mass is 304 g/mol. The molecule has 4 aromatic rings. The van der Waals surface area contributed by atoms with Crippen molar-refractivity contribution in [1.29, 1.82) is 0 Å². The smallest absolute Gasteiger partial charge is 0.267 e. The van der Waals surface area contributed by atoms with Crippen molar-refractivity contribution in [1.82, 2.24) is 9.38 Å². The number of benzene rings is 2. The van der Waals surface area contributed by atoms with Crippen molar-refractivity contribution in [3.8, 4) is 0 Å². The highest BCUT2D eigenvalue weighted by Gasteiger charge is 2.09. The van der Waals surface area contributed by atoms with E-state index in [1.165, 1.54) is 11.3 Å². The molecule has 2 heterocycles. The first-order valence-electron chi connectivity index (χ1n) is 6.96. The minimum Gasteiger partial charge on any atom is -0.267 e. The van der Waals surface area contributed by atoms with Gasteiger partial charge in [0.1, 0.15) is 0 Å². The first-order chi connectivity index (χ1) is 10.8. The third kappa shape index (κ3) is 2.14. The summed E-state index contributed by atoms with van der Waals surface area (Å²) in [5.74, 6) is 0. The number of aromatic nitrogens is 2. The standard InChI is InChI=1S/C18H12N2OS/c21-17-16(12-6-9-13-7-2-1-3-8-13)22-18-19-14-10-4-5-11-15(14)20(17)18/h1-12H/b9-6+,16-12?. The predicted molar refractivity (Wildman–Crippen MR) is 92.0 cm³/mol. The van der Waals surface area contributed by atoms with Crippen LogP contribution in [0, 0.1) is 0 Å². The lowest BCUT2D eigenvalue weighted by Gasteiger charge is -1.88. The van der Waals surface area contributed by atoms with Gasteiger partial charge in [0, 0.05) is 0 Å². The van der Waals surface area contributed by atoms with Gasteiger partial charge in [-0.05, 0) is 23.8 Å². The van der Waals surface area contributed by atoms with Crippen molar-refractivity contribution in [2.24, 2.45) is 0 Å². The Labute approximate surface area is 130 Å². The van der Waals surface area contributed by atoms with Crippen LogP contribution in [0.3, 0.4) is 0 Å². The molecule has 4 heteroatoms. The third-order valence-electron chi connectivity index (χ3n) is 3.48. The van der Waals surface area contributed by atoms with E-state index in [-0.39, 0.29) is 5.56 Å². The second-order valence-electron chi connectivity index (χ2n) is 4.93. The fourth-order valence-electron chi connectivity index (χ4n) is 2.44. The summed E-state index contributed by atoms with van der Waals surface area (Å²) in [5, 5.41) is 0. The molecule has 0 saturated carbocycles. The Bertz CT molecular complexity index is 1090. The van der Waals surface area contributed by atoms with E-state index >= 15 is 0 Å². The maximum atomic E-state index is 12.5. The molecule has 0 aliphatic rings. The molecule has 0 atom stereocenters. The van der Waals surface area contributed by atoms with Crippen molar-refractivity contribution in [3.05, 3.63) is 81.1 Å². The molecule has 0 aliphatic heterocycles. The molecule has 0 aliphatic carbocycles. The topological polar surface area (TPSA) is 34.4 Å². The second kappa shape index (κ2) is 5.24. The summed E-state index contributed by atoms with van der Waals surface area (Å²) in [7, 11) is 0. The van der Waals surface area contributed by atoms with Crippen LogP contribution in [-0.4, -0.2) is 9.38 Å². The molecule has 0 radical (unpaired) electrons. The summed E-state index contributed by atoms with van der Waals surface area (Å²) in [6, 6.07) is 17.7. The second-order valence-corrected chi connectivity index (χ2v) is 5.94. The molecule has 0 spiro atoms. The lowest BCUT2D eigenvalue weighted by molar-refractivity contribution is 1.19. The molecule has 0 saturated heterocycles. The molecule has 106 valence electrons. The molecule has 0 amide bonds. The number of thiazole rings is 1. The van der Waals surface area contributed by atoms with E-state index in [1.807, 2.05) is 72.8 Å². The van der Waals surface area contributed by atoms with Gasteiger partial charge in [0.25, 0.3) is 5.56 Å². The van der Waals surface area contributed by atoms with Crippen LogP contribution in [-0.2, 0) is 0 Å². The van der Waals surface area contributed by atoms with Crippen LogP contribution in [0.4, 0.5) is 0 Å². The highest BCUT2D eigenvalue weighted by Crippen LogP contribution is 2.15. The molecule has 22 heavy (non-hydrogen) atoms. The summed E-state index contributed by atoms with van der Waals surface area (Å²) in [4.78, 5) is 17.8. The SMILES string of the molecule is O=c1c(=C/C=C/c2ccccc2)sc2nc3ccccc3n12. The fraction of sp³-hybridized carbons (Fsp3) is 0. The van der Waals surface area contributed by atoms with Crippen molar-refractivity contribution in [2.75, 3.05) is 0 Å². The third-order valence-corrected chi connectivity index (χ3v) is 4.47. The van der Waals surface area contributed by atoms with E-state index in [4.69, 9.17) is 0 Å². The van der Waals surface area contributed by atoms with Gasteiger partial charge in [-0.3, -0.25) is 4.79 Å². The summed E-state index contributed by atoms with van der Waals surface area (Å²) < 4.78 is 2.38. The molecular weight excluding hydrogens is 292 g/mol. The van der Waals surface area contributed by atoms with Crippen LogP contribution < -0.4 is 10.1 Å². The quantitative estimate of drug-likeness (QED) is 0.570. The van der Waals surface area contributed by atoms with Gasteiger partial charge in [0.05, 0.1) is 15.6 Å². The average Bonchev–Trinajstić information content (AvgIpc) is 3.06. The Morgan fingerprint density at radius 1 is 1.00 bits per heavy atom. The minimum absolute atomic E-state index is 0.00795. The number of fused-ring (bicyclic) bond motifs is 3. The Morgan fingerprint density at radius 3 is 2.64 bits per heavy atom. The number of imidazole rings is 1. The zero-order valence-electron chi connectivity index (χ0n) is 11.6. The van der Waals surface area contributed by atoms with E-state index in [2.05, 4.69) is 4.98 Å². The van der Waals surface area contributed by atoms with Crippen molar-refractivity contribution >= 4 is 39.5 Å². The zero-order valence-corrected chi connectivity index (χ0v) is 12.5. The number of hydrogen-bond donors (Lipinski definition) is 0. The van der Waals surface area contributed by atoms with Gasteiger partial charge in [-0.1, -0.05) is 66.0 Å². The fourth-order valence-corrected chi connectivity index (χ4v) is 3.38. The van der Waals surface area contributed by atoms with Crippen LogP contribution >= 0.6 is 11.3 Å². The molecule has 0 unspecified atom stereocenters. The Kier molecular flexibility index (Phi) is 3.09. The minimum atomic E-state index is -0.00795. The van der Waals surface area contributed by atoms with E-state index in [0.29, 0.717) is 4.53 Å². The van der Waals surface area contributed by atoms with E-state index in [0.717, 1.165) is 21.6 Å². The molecule has 2 aromatic carbocycles. The van der Waals surface area contributed by atoms with E-state index in [9.17, 15) is 4.79 Å². The molecule has 3 nitrogen and oxygen atoms in total. The lowest BCUT2D eigenvalue weighted by Crippen LogP contribution is -2.22. The van der Waals surface area contributed by atoms with Crippen molar-refractivity contribution < 1.29 is 0 Å². The summed E-state index contributed by atoms with van der Waals surface area (Å²) in [6.45, 7) is 0. The predicted octanol–water partition coefficient (Wildman–Crippen LogP) is 3.12. The summed E-state index contributed by atoms with van der Waals surface area (Å²) in [6.07, 6.45) is 5.74. The van der Waals surface area contributed by atoms with Gasteiger partial charge in [0.15, 0.2) is 4.96 Å². The largest absolute Gasteiger partial charge is 0.274 e. The maximum Gasteiger partial charge on any atom is 0.274 e. The Balaban J connectivity index is 1.83. The van der Waals surface area contributed by atoms with E-state index < -0.39 is 0 Å². The highest BCUT2D eigenvalue weighted by atomic mass is 32.1. The van der Waals surface area contributed by atoms with Crippen molar-refractivity contribution in [3.63, 3.8) is 0 Å². The number of hydrogen-bond acceptors (Lipinski definition) is 3. The van der Waals surface area contributed by atoms with E-state index in [1.54, 1.807) is 4.40 Å². The van der Waals surface area contributed by atoms with Crippen molar-refractivity contribution in [2.45, 2.75) is 0 Å². The first-order valence-corrected chi connectivity index (χ1v) is 7.78. The molecule has 4 rings (SSSR count). The molecular formula is C18H12N2OS. The van der Waals surface area contributed by atoms with Gasteiger partial charge in [0.2, 0.25) is 0 Å². The van der Waals surface area contributed by atoms with Gasteiger partial charge in [-0.25, -0.2) is 9.38 Å². The van der Waals surface area contributed by atoms with Crippen LogP contribution in [0.15, 0.2) is 65.5 Å². The zero-order chi connectivity index (χ0) is 14.9. The van der Waals surface area contributed by atoms with Crippen LogP contribution in [0.25, 0.3) is 28.1 Å². The van der Waals surface area contributed by atoms with Crippen LogP contribution in [0.1, 0.15) is 5.56 Å². The van der Waals surface area contributed by atoms with Crippen LogP contribution in [0.5, 0.6) is 0 Å². The molecule has 0 N–H and O–H groups in total. The Morgan fingerprint density at radius 2 is 1.77 bits per heavy atom. The van der Waals surface area contributed by atoms with Gasteiger partial charge in [-0.2, -0.15) is 0 Å². The van der Waals surface area contributed by atoms with Gasteiger partial charge < -0.3 is 0 Å². The number of nitrogens with zero attached hydrogens (tertiary/aromatic N) is 2. The summed E-state index contributed by atoms with van der Waals surface area (Å²) >= 11 is 1.42. The Hall–Kier alpha value is -2.72. The average molecular weight is 304 g/mol. The maximum absolute atomic E-state index is 12.5. The molecule has 2 aromatic heterocycles. The molecule has 0 bridgehead atoms. The van der Waals surface area contributed by atoms with Gasteiger partial charge >= 0.3 is 0 Å². The number of rotatable bonds is 2.